The Balaban J connectivity index is 1.83. The van der Waals surface area contributed by atoms with Gasteiger partial charge in [-0.1, -0.05) is 13.3 Å². The lowest BCUT2D eigenvalue weighted by Gasteiger charge is -2.29. The van der Waals surface area contributed by atoms with Crippen molar-refractivity contribution in [3.63, 3.8) is 0 Å². The van der Waals surface area contributed by atoms with Crippen molar-refractivity contribution in [1.29, 1.82) is 0 Å². The molecule has 0 aromatic carbocycles. The Kier molecular flexibility index (Phi) is 5.75. The third kappa shape index (κ3) is 4.46. The molecule has 1 fully saturated rings. The molecule has 0 amide bonds. The maximum atomic E-state index is 5.48. The Hall–Kier alpha value is -0.800. The Morgan fingerprint density at radius 1 is 1.39 bits per heavy atom. The van der Waals surface area contributed by atoms with E-state index in [2.05, 4.69) is 23.2 Å². The average molecular weight is 250 g/mol. The summed E-state index contributed by atoms with van der Waals surface area (Å²) in [5.41, 5.74) is 0. The summed E-state index contributed by atoms with van der Waals surface area (Å²) < 4.78 is 5.48. The van der Waals surface area contributed by atoms with Gasteiger partial charge in [0.1, 0.15) is 5.76 Å². The van der Waals surface area contributed by atoms with E-state index in [1.807, 2.05) is 6.07 Å². The number of nitrogens with zero attached hydrogens (tertiary/aromatic N) is 1. The lowest BCUT2D eigenvalue weighted by Crippen LogP contribution is -2.36. The van der Waals surface area contributed by atoms with Crippen molar-refractivity contribution in [2.45, 2.75) is 39.2 Å². The van der Waals surface area contributed by atoms with Crippen LogP contribution in [0.3, 0.4) is 0 Å². The lowest BCUT2D eigenvalue weighted by atomic mass is 9.97. The van der Waals surface area contributed by atoms with Gasteiger partial charge in [-0.25, -0.2) is 0 Å². The molecule has 1 aromatic heterocycles. The largest absolute Gasteiger partial charge is 0.468 e. The Morgan fingerprint density at radius 3 is 2.89 bits per heavy atom. The standard InChI is InChI=1S/C15H26N2O/c1-2-3-10-17(13-15-5-4-11-18-15)12-14-6-8-16-9-7-14/h4-5,11,14,16H,2-3,6-10,12-13H2,1H3. The molecular weight excluding hydrogens is 224 g/mol. The molecular formula is C15H26N2O. The van der Waals surface area contributed by atoms with Crippen LogP contribution in [0, 0.1) is 5.92 Å². The van der Waals surface area contributed by atoms with Crippen LogP contribution in [0.4, 0.5) is 0 Å². The molecule has 2 rings (SSSR count). The van der Waals surface area contributed by atoms with Crippen LogP contribution >= 0.6 is 0 Å². The predicted octanol–water partition coefficient (Wildman–Crippen LogP) is 2.88. The molecule has 1 aliphatic heterocycles. The van der Waals surface area contributed by atoms with Gasteiger partial charge in [0, 0.05) is 6.54 Å². The maximum absolute atomic E-state index is 5.48. The van der Waals surface area contributed by atoms with Crippen molar-refractivity contribution in [1.82, 2.24) is 10.2 Å². The van der Waals surface area contributed by atoms with Crippen LogP contribution in [0.15, 0.2) is 22.8 Å². The predicted molar refractivity (Wildman–Crippen MR) is 74.5 cm³/mol. The maximum Gasteiger partial charge on any atom is 0.117 e. The second-order valence-electron chi connectivity index (χ2n) is 5.36. The molecule has 0 spiro atoms. The van der Waals surface area contributed by atoms with Gasteiger partial charge in [-0.2, -0.15) is 0 Å². The molecule has 102 valence electrons. The van der Waals surface area contributed by atoms with Crippen molar-refractivity contribution >= 4 is 0 Å². The first-order valence-corrected chi connectivity index (χ1v) is 7.34. The monoisotopic (exact) mass is 250 g/mol. The first-order chi connectivity index (χ1) is 8.88. The van der Waals surface area contributed by atoms with Gasteiger partial charge in [-0.05, 0) is 56.9 Å². The summed E-state index contributed by atoms with van der Waals surface area (Å²) in [5.74, 6) is 1.96. The van der Waals surface area contributed by atoms with Crippen molar-refractivity contribution in [2.24, 2.45) is 5.92 Å². The first kappa shape index (κ1) is 13.6. The van der Waals surface area contributed by atoms with Crippen LogP contribution < -0.4 is 5.32 Å². The third-order valence-electron chi connectivity index (χ3n) is 3.76. The van der Waals surface area contributed by atoms with E-state index in [9.17, 15) is 0 Å². The number of hydrogen-bond donors (Lipinski definition) is 1. The number of piperidine rings is 1. The zero-order valence-corrected chi connectivity index (χ0v) is 11.5. The summed E-state index contributed by atoms with van der Waals surface area (Å²) in [6.45, 7) is 8.02. The minimum atomic E-state index is 0.859. The molecule has 3 heteroatoms. The Bertz CT molecular complexity index is 304. The normalized spacial score (nSPS) is 17.4. The van der Waals surface area contributed by atoms with Crippen LogP contribution in [-0.4, -0.2) is 31.1 Å². The lowest BCUT2D eigenvalue weighted by molar-refractivity contribution is 0.184. The van der Waals surface area contributed by atoms with E-state index in [1.54, 1.807) is 6.26 Å². The zero-order chi connectivity index (χ0) is 12.6. The highest BCUT2D eigenvalue weighted by molar-refractivity contribution is 4.98. The van der Waals surface area contributed by atoms with E-state index in [-0.39, 0.29) is 0 Å². The fraction of sp³-hybridized carbons (Fsp3) is 0.733. The molecule has 0 atom stereocenters. The van der Waals surface area contributed by atoms with Gasteiger partial charge < -0.3 is 9.73 Å². The number of furan rings is 1. The van der Waals surface area contributed by atoms with E-state index in [0.29, 0.717) is 0 Å². The van der Waals surface area contributed by atoms with Crippen LogP contribution in [0.2, 0.25) is 0 Å². The minimum absolute atomic E-state index is 0.859. The first-order valence-electron chi connectivity index (χ1n) is 7.34. The molecule has 18 heavy (non-hydrogen) atoms. The van der Waals surface area contributed by atoms with Gasteiger partial charge in [0.05, 0.1) is 12.8 Å². The molecule has 0 unspecified atom stereocenters. The molecule has 1 aromatic rings. The molecule has 0 radical (unpaired) electrons. The molecule has 2 heterocycles. The van der Waals surface area contributed by atoms with Crippen LogP contribution in [0.1, 0.15) is 38.4 Å². The van der Waals surface area contributed by atoms with Crippen LogP contribution in [0.5, 0.6) is 0 Å². The fourth-order valence-electron chi connectivity index (χ4n) is 2.67. The molecule has 1 aliphatic rings. The topological polar surface area (TPSA) is 28.4 Å². The van der Waals surface area contributed by atoms with E-state index in [4.69, 9.17) is 4.42 Å². The van der Waals surface area contributed by atoms with E-state index >= 15 is 0 Å². The highest BCUT2D eigenvalue weighted by Gasteiger charge is 2.17. The van der Waals surface area contributed by atoms with E-state index in [0.717, 1.165) is 18.2 Å². The summed E-state index contributed by atoms with van der Waals surface area (Å²) >= 11 is 0. The van der Waals surface area contributed by atoms with Gasteiger partial charge in [0.15, 0.2) is 0 Å². The molecule has 0 bridgehead atoms. The fourth-order valence-corrected chi connectivity index (χ4v) is 2.67. The van der Waals surface area contributed by atoms with E-state index < -0.39 is 0 Å². The zero-order valence-electron chi connectivity index (χ0n) is 11.5. The van der Waals surface area contributed by atoms with Gasteiger partial charge in [-0.3, -0.25) is 4.90 Å². The smallest absolute Gasteiger partial charge is 0.117 e. The quantitative estimate of drug-likeness (QED) is 0.806. The summed E-state index contributed by atoms with van der Waals surface area (Å²) in [4.78, 5) is 2.57. The highest BCUT2D eigenvalue weighted by atomic mass is 16.3. The SMILES string of the molecule is CCCCN(Cc1ccco1)CC1CCNCC1. The number of unbranched alkanes of at least 4 members (excludes halogenated alkanes) is 1. The molecule has 1 N–H and O–H groups in total. The third-order valence-corrected chi connectivity index (χ3v) is 3.76. The Labute approximate surface area is 111 Å². The summed E-state index contributed by atoms with van der Waals surface area (Å²) in [6, 6.07) is 4.07. The van der Waals surface area contributed by atoms with Gasteiger partial charge in [0.2, 0.25) is 0 Å². The van der Waals surface area contributed by atoms with Crippen LogP contribution in [-0.2, 0) is 6.54 Å². The van der Waals surface area contributed by atoms with Gasteiger partial charge in [0.25, 0.3) is 0 Å². The summed E-state index contributed by atoms with van der Waals surface area (Å²) in [7, 11) is 0. The van der Waals surface area contributed by atoms with Gasteiger partial charge in [-0.15, -0.1) is 0 Å². The minimum Gasteiger partial charge on any atom is -0.468 e. The summed E-state index contributed by atoms with van der Waals surface area (Å²) in [6.07, 6.45) is 6.96. The van der Waals surface area contributed by atoms with E-state index in [1.165, 1.54) is 51.9 Å². The molecule has 0 aliphatic carbocycles. The highest BCUT2D eigenvalue weighted by Crippen LogP contribution is 2.16. The van der Waals surface area contributed by atoms with Crippen LogP contribution in [0.25, 0.3) is 0 Å². The van der Waals surface area contributed by atoms with Crippen molar-refractivity contribution < 1.29 is 4.42 Å². The van der Waals surface area contributed by atoms with Gasteiger partial charge >= 0.3 is 0 Å². The second-order valence-corrected chi connectivity index (χ2v) is 5.36. The second kappa shape index (κ2) is 7.59. The Morgan fingerprint density at radius 2 is 2.22 bits per heavy atom. The number of rotatable bonds is 7. The number of hydrogen-bond acceptors (Lipinski definition) is 3. The number of nitrogens with one attached hydrogen (secondary N) is 1. The molecule has 3 nitrogen and oxygen atoms in total. The van der Waals surface area contributed by atoms with Crippen molar-refractivity contribution in [3.05, 3.63) is 24.2 Å². The van der Waals surface area contributed by atoms with Crippen molar-refractivity contribution in [3.8, 4) is 0 Å². The average Bonchev–Trinajstić information content (AvgIpc) is 2.90. The summed E-state index contributed by atoms with van der Waals surface area (Å²) in [5, 5.41) is 3.44. The van der Waals surface area contributed by atoms with Crippen molar-refractivity contribution in [2.75, 3.05) is 26.2 Å². The molecule has 0 saturated carbocycles. The molecule has 1 saturated heterocycles.